The van der Waals surface area contributed by atoms with Crippen molar-refractivity contribution in [3.8, 4) is 5.75 Å². The highest BCUT2D eigenvalue weighted by atomic mass is 16.3. The lowest BCUT2D eigenvalue weighted by atomic mass is 9.86. The summed E-state index contributed by atoms with van der Waals surface area (Å²) in [6.07, 6.45) is 11.4. The SMILES string of the molecule is CC1CCCCC1N=C(Nc1ccccc1O)NC1CCCCC1. The number of para-hydroxylation sites is 2. The Morgan fingerprint density at radius 2 is 1.71 bits per heavy atom. The van der Waals surface area contributed by atoms with E-state index in [-0.39, 0.29) is 5.75 Å². The topological polar surface area (TPSA) is 56.7 Å². The van der Waals surface area contributed by atoms with Gasteiger partial charge in [-0.1, -0.05) is 51.2 Å². The third-order valence-electron chi connectivity index (χ3n) is 5.46. The van der Waals surface area contributed by atoms with Gasteiger partial charge in [0.25, 0.3) is 0 Å². The van der Waals surface area contributed by atoms with Gasteiger partial charge < -0.3 is 15.7 Å². The Morgan fingerprint density at radius 3 is 2.46 bits per heavy atom. The Kier molecular flexibility index (Phi) is 6.00. The molecule has 0 amide bonds. The zero-order chi connectivity index (χ0) is 16.8. The lowest BCUT2D eigenvalue weighted by Gasteiger charge is -2.29. The van der Waals surface area contributed by atoms with Crippen LogP contribution in [0.1, 0.15) is 64.7 Å². The number of benzene rings is 1. The molecule has 4 nitrogen and oxygen atoms in total. The van der Waals surface area contributed by atoms with Gasteiger partial charge in [0, 0.05) is 6.04 Å². The fourth-order valence-corrected chi connectivity index (χ4v) is 3.91. The van der Waals surface area contributed by atoms with Crippen LogP contribution in [0.4, 0.5) is 5.69 Å². The molecule has 24 heavy (non-hydrogen) atoms. The summed E-state index contributed by atoms with van der Waals surface area (Å²) in [5.74, 6) is 1.74. The third-order valence-corrected chi connectivity index (χ3v) is 5.46. The third kappa shape index (κ3) is 4.65. The Balaban J connectivity index is 1.75. The molecule has 2 fully saturated rings. The van der Waals surface area contributed by atoms with Crippen molar-refractivity contribution in [3.63, 3.8) is 0 Å². The molecular weight excluding hydrogens is 298 g/mol. The van der Waals surface area contributed by atoms with Gasteiger partial charge in [-0.25, -0.2) is 4.99 Å². The summed E-state index contributed by atoms with van der Waals surface area (Å²) >= 11 is 0. The Morgan fingerprint density at radius 1 is 1.00 bits per heavy atom. The molecule has 0 aromatic heterocycles. The van der Waals surface area contributed by atoms with E-state index in [0.29, 0.717) is 18.0 Å². The first-order valence-corrected chi connectivity index (χ1v) is 9.62. The molecule has 2 saturated carbocycles. The number of rotatable bonds is 3. The molecule has 2 unspecified atom stereocenters. The fourth-order valence-electron chi connectivity index (χ4n) is 3.91. The Labute approximate surface area is 145 Å². The minimum absolute atomic E-state index is 0.271. The monoisotopic (exact) mass is 329 g/mol. The van der Waals surface area contributed by atoms with Crippen LogP contribution in [-0.4, -0.2) is 23.1 Å². The quantitative estimate of drug-likeness (QED) is 0.429. The normalized spacial score (nSPS) is 26.1. The summed E-state index contributed by atoms with van der Waals surface area (Å²) < 4.78 is 0. The number of aliphatic imine (C=N–C) groups is 1. The number of phenolic OH excluding ortho intramolecular Hbond substituents is 1. The highest BCUT2D eigenvalue weighted by molar-refractivity contribution is 5.95. The average Bonchev–Trinajstić information content (AvgIpc) is 2.60. The molecule has 0 heterocycles. The van der Waals surface area contributed by atoms with Gasteiger partial charge >= 0.3 is 0 Å². The molecule has 2 aliphatic rings. The van der Waals surface area contributed by atoms with Crippen LogP contribution >= 0.6 is 0 Å². The Bertz CT molecular complexity index is 552. The van der Waals surface area contributed by atoms with E-state index in [2.05, 4.69) is 17.6 Å². The van der Waals surface area contributed by atoms with Gasteiger partial charge in [-0.3, -0.25) is 0 Å². The van der Waals surface area contributed by atoms with Crippen molar-refractivity contribution in [2.75, 3.05) is 5.32 Å². The second-order valence-electron chi connectivity index (χ2n) is 7.43. The van der Waals surface area contributed by atoms with Crippen LogP contribution in [0.5, 0.6) is 5.75 Å². The molecule has 1 aromatic carbocycles. The molecule has 2 atom stereocenters. The number of anilines is 1. The zero-order valence-electron chi connectivity index (χ0n) is 14.8. The molecule has 1 aromatic rings. The number of guanidine groups is 1. The fraction of sp³-hybridized carbons (Fsp3) is 0.650. The van der Waals surface area contributed by atoms with Crippen molar-refractivity contribution >= 4 is 11.6 Å². The van der Waals surface area contributed by atoms with E-state index < -0.39 is 0 Å². The summed E-state index contributed by atoms with van der Waals surface area (Å²) in [7, 11) is 0. The smallest absolute Gasteiger partial charge is 0.196 e. The van der Waals surface area contributed by atoms with Crippen LogP contribution in [0.2, 0.25) is 0 Å². The molecule has 0 saturated heterocycles. The van der Waals surface area contributed by atoms with Gasteiger partial charge in [0.2, 0.25) is 0 Å². The highest BCUT2D eigenvalue weighted by Crippen LogP contribution is 2.27. The van der Waals surface area contributed by atoms with Crippen LogP contribution in [0.25, 0.3) is 0 Å². The van der Waals surface area contributed by atoms with Crippen LogP contribution in [-0.2, 0) is 0 Å². The highest BCUT2D eigenvalue weighted by Gasteiger charge is 2.22. The van der Waals surface area contributed by atoms with Gasteiger partial charge in [-0.15, -0.1) is 0 Å². The van der Waals surface area contributed by atoms with E-state index in [1.165, 1.54) is 57.8 Å². The van der Waals surface area contributed by atoms with Crippen LogP contribution < -0.4 is 10.6 Å². The van der Waals surface area contributed by atoms with Gasteiger partial charge in [-0.2, -0.15) is 0 Å². The van der Waals surface area contributed by atoms with Gasteiger partial charge in [0.15, 0.2) is 5.96 Å². The number of nitrogens with one attached hydrogen (secondary N) is 2. The first-order valence-electron chi connectivity index (χ1n) is 9.62. The molecule has 2 aliphatic carbocycles. The molecular formula is C20H31N3O. The molecule has 0 bridgehead atoms. The summed E-state index contributed by atoms with van der Waals surface area (Å²) in [6, 6.07) is 8.26. The molecule has 4 heteroatoms. The maximum atomic E-state index is 10.1. The Hall–Kier alpha value is -1.71. The van der Waals surface area contributed by atoms with Gasteiger partial charge in [-0.05, 0) is 43.7 Å². The molecule has 0 spiro atoms. The maximum Gasteiger partial charge on any atom is 0.196 e. The second-order valence-corrected chi connectivity index (χ2v) is 7.43. The largest absolute Gasteiger partial charge is 0.506 e. The van der Waals surface area contributed by atoms with Gasteiger partial charge in [0.05, 0.1) is 11.7 Å². The number of nitrogens with zero attached hydrogens (tertiary/aromatic N) is 1. The molecule has 0 aliphatic heterocycles. The number of phenols is 1. The minimum atomic E-state index is 0.271. The van der Waals surface area contributed by atoms with Crippen molar-refractivity contribution in [1.29, 1.82) is 0 Å². The second kappa shape index (κ2) is 8.41. The lowest BCUT2D eigenvalue weighted by molar-refractivity contribution is 0.331. The van der Waals surface area contributed by atoms with Crippen LogP contribution in [0, 0.1) is 5.92 Å². The zero-order valence-corrected chi connectivity index (χ0v) is 14.8. The van der Waals surface area contributed by atoms with Crippen molar-refractivity contribution in [1.82, 2.24) is 5.32 Å². The van der Waals surface area contributed by atoms with Crippen LogP contribution in [0.15, 0.2) is 29.3 Å². The summed E-state index contributed by atoms with van der Waals surface area (Å²) in [6.45, 7) is 2.31. The average molecular weight is 329 g/mol. The summed E-state index contributed by atoms with van der Waals surface area (Å²) in [5.41, 5.74) is 0.725. The predicted molar refractivity (Wildman–Crippen MR) is 101 cm³/mol. The van der Waals surface area contributed by atoms with E-state index in [1.54, 1.807) is 6.07 Å². The van der Waals surface area contributed by atoms with E-state index in [4.69, 9.17) is 4.99 Å². The predicted octanol–water partition coefficient (Wildman–Crippen LogP) is 4.66. The van der Waals surface area contributed by atoms with Crippen molar-refractivity contribution in [2.45, 2.75) is 76.8 Å². The molecule has 3 N–H and O–H groups in total. The summed E-state index contributed by atoms with van der Waals surface area (Å²) in [5, 5.41) is 17.1. The first-order chi connectivity index (χ1) is 11.7. The lowest BCUT2D eigenvalue weighted by Crippen LogP contribution is -2.41. The van der Waals surface area contributed by atoms with Crippen molar-refractivity contribution in [2.24, 2.45) is 10.9 Å². The summed E-state index contributed by atoms with van der Waals surface area (Å²) in [4.78, 5) is 5.03. The molecule has 0 radical (unpaired) electrons. The van der Waals surface area contributed by atoms with Crippen molar-refractivity contribution in [3.05, 3.63) is 24.3 Å². The maximum absolute atomic E-state index is 10.1. The van der Waals surface area contributed by atoms with E-state index >= 15 is 0 Å². The van der Waals surface area contributed by atoms with E-state index in [0.717, 1.165) is 11.6 Å². The van der Waals surface area contributed by atoms with Crippen molar-refractivity contribution < 1.29 is 5.11 Å². The first kappa shape index (κ1) is 17.1. The standard InChI is InChI=1S/C20H31N3O/c1-15-9-5-6-12-17(15)22-20(21-16-10-3-2-4-11-16)23-18-13-7-8-14-19(18)24/h7-8,13-17,24H,2-6,9-12H2,1H3,(H2,21,22,23). The van der Waals surface area contributed by atoms with Gasteiger partial charge in [0.1, 0.15) is 5.75 Å². The van der Waals surface area contributed by atoms with Crippen LogP contribution in [0.3, 0.4) is 0 Å². The number of aromatic hydroxyl groups is 1. The number of hydrogen-bond donors (Lipinski definition) is 3. The molecule has 132 valence electrons. The molecule has 3 rings (SSSR count). The minimum Gasteiger partial charge on any atom is -0.506 e. The number of hydrogen-bond acceptors (Lipinski definition) is 2. The van der Waals surface area contributed by atoms with E-state index in [9.17, 15) is 5.11 Å². The van der Waals surface area contributed by atoms with E-state index in [1.807, 2.05) is 18.2 Å².